The van der Waals surface area contributed by atoms with Gasteiger partial charge in [-0.2, -0.15) is 0 Å². The highest BCUT2D eigenvalue weighted by Crippen LogP contribution is 2.18. The summed E-state index contributed by atoms with van der Waals surface area (Å²) in [5, 5.41) is 0.790. The Balaban J connectivity index is 1.81. The van der Waals surface area contributed by atoms with Crippen LogP contribution in [-0.2, 0) is 11.3 Å². The van der Waals surface area contributed by atoms with Crippen molar-refractivity contribution in [1.82, 2.24) is 19.4 Å². The molecule has 0 aromatic carbocycles. The van der Waals surface area contributed by atoms with Crippen LogP contribution in [0, 0.1) is 0 Å². The zero-order chi connectivity index (χ0) is 14.8. The molecule has 0 radical (unpaired) electrons. The van der Waals surface area contributed by atoms with Crippen molar-refractivity contribution >= 4 is 23.2 Å². The number of pyridine rings is 1. The lowest BCUT2D eigenvalue weighted by molar-refractivity contribution is -0.133. The Labute approximate surface area is 123 Å². The molecule has 1 amide bonds. The SMILES string of the molecule is CN1CCN(C(=O)Cn2cc(C=O)c3cccnc32)CC1. The molecule has 0 atom stereocenters. The molecule has 1 aliphatic rings. The molecule has 0 aliphatic carbocycles. The first-order valence-electron chi connectivity index (χ1n) is 7.04. The number of rotatable bonds is 3. The van der Waals surface area contributed by atoms with Gasteiger partial charge < -0.3 is 14.4 Å². The molecule has 0 unspecified atom stereocenters. The summed E-state index contributed by atoms with van der Waals surface area (Å²) in [5.74, 6) is 0.0723. The van der Waals surface area contributed by atoms with Crippen LogP contribution >= 0.6 is 0 Å². The van der Waals surface area contributed by atoms with Crippen LogP contribution in [-0.4, -0.2) is 64.8 Å². The van der Waals surface area contributed by atoms with Crippen molar-refractivity contribution in [2.45, 2.75) is 6.54 Å². The molecule has 110 valence electrons. The molecule has 1 aliphatic heterocycles. The fourth-order valence-corrected chi connectivity index (χ4v) is 2.67. The van der Waals surface area contributed by atoms with E-state index in [1.807, 2.05) is 11.0 Å². The molecule has 2 aromatic heterocycles. The van der Waals surface area contributed by atoms with E-state index in [0.717, 1.165) is 37.9 Å². The number of likely N-dealkylation sites (N-methyl/N-ethyl adjacent to an activating group) is 1. The third kappa shape index (κ3) is 2.67. The average Bonchev–Trinajstić information content (AvgIpc) is 2.86. The summed E-state index contributed by atoms with van der Waals surface area (Å²) in [6.07, 6.45) is 4.19. The fraction of sp³-hybridized carbons (Fsp3) is 0.400. The van der Waals surface area contributed by atoms with Gasteiger partial charge in [-0.1, -0.05) is 0 Å². The maximum Gasteiger partial charge on any atom is 0.242 e. The van der Waals surface area contributed by atoms with Gasteiger partial charge in [-0.15, -0.1) is 0 Å². The standard InChI is InChI=1S/C15H18N4O2/c1-17-5-7-18(8-6-17)14(21)10-19-9-12(11-20)13-3-2-4-16-15(13)19/h2-4,9,11H,5-8,10H2,1H3. The summed E-state index contributed by atoms with van der Waals surface area (Å²) in [6, 6.07) is 3.64. The van der Waals surface area contributed by atoms with Gasteiger partial charge >= 0.3 is 0 Å². The Kier molecular flexibility index (Phi) is 3.70. The predicted molar refractivity (Wildman–Crippen MR) is 79.2 cm³/mol. The van der Waals surface area contributed by atoms with Crippen LogP contribution in [0.15, 0.2) is 24.5 Å². The van der Waals surface area contributed by atoms with Crippen molar-refractivity contribution in [3.63, 3.8) is 0 Å². The molecule has 1 fully saturated rings. The first kappa shape index (κ1) is 13.8. The number of piperazine rings is 1. The van der Waals surface area contributed by atoms with E-state index < -0.39 is 0 Å². The minimum atomic E-state index is 0.0723. The smallest absolute Gasteiger partial charge is 0.242 e. The third-order valence-corrected chi connectivity index (χ3v) is 3.95. The topological polar surface area (TPSA) is 58.4 Å². The van der Waals surface area contributed by atoms with E-state index in [1.54, 1.807) is 23.0 Å². The zero-order valence-electron chi connectivity index (χ0n) is 12.0. The van der Waals surface area contributed by atoms with E-state index in [9.17, 15) is 9.59 Å². The van der Waals surface area contributed by atoms with E-state index in [1.165, 1.54) is 0 Å². The van der Waals surface area contributed by atoms with Gasteiger partial charge in [-0.05, 0) is 19.2 Å². The Hall–Kier alpha value is -2.21. The minimum Gasteiger partial charge on any atom is -0.339 e. The summed E-state index contributed by atoms with van der Waals surface area (Å²) in [5.41, 5.74) is 1.26. The van der Waals surface area contributed by atoms with Crippen LogP contribution in [0.2, 0.25) is 0 Å². The summed E-state index contributed by atoms with van der Waals surface area (Å²) in [4.78, 5) is 31.9. The van der Waals surface area contributed by atoms with Gasteiger partial charge in [-0.3, -0.25) is 9.59 Å². The summed E-state index contributed by atoms with van der Waals surface area (Å²) in [6.45, 7) is 3.53. The molecule has 21 heavy (non-hydrogen) atoms. The molecule has 3 rings (SSSR count). The first-order valence-corrected chi connectivity index (χ1v) is 7.04. The molecule has 0 bridgehead atoms. The fourth-order valence-electron chi connectivity index (χ4n) is 2.67. The lowest BCUT2D eigenvalue weighted by Crippen LogP contribution is -2.48. The second-order valence-electron chi connectivity index (χ2n) is 5.39. The van der Waals surface area contributed by atoms with Gasteiger partial charge in [0.15, 0.2) is 6.29 Å². The second kappa shape index (κ2) is 5.65. The van der Waals surface area contributed by atoms with Gasteiger partial charge in [-0.25, -0.2) is 4.98 Å². The Bertz CT molecular complexity index is 671. The van der Waals surface area contributed by atoms with Crippen LogP contribution < -0.4 is 0 Å². The molecule has 3 heterocycles. The van der Waals surface area contributed by atoms with Gasteiger partial charge in [0, 0.05) is 49.5 Å². The van der Waals surface area contributed by atoms with Crippen molar-refractivity contribution < 1.29 is 9.59 Å². The van der Waals surface area contributed by atoms with Gasteiger partial charge in [0.25, 0.3) is 0 Å². The van der Waals surface area contributed by atoms with Crippen LogP contribution in [0.5, 0.6) is 0 Å². The molecule has 0 spiro atoms. The van der Waals surface area contributed by atoms with E-state index >= 15 is 0 Å². The number of hydrogen-bond donors (Lipinski definition) is 0. The van der Waals surface area contributed by atoms with E-state index in [4.69, 9.17) is 0 Å². The third-order valence-electron chi connectivity index (χ3n) is 3.95. The maximum absolute atomic E-state index is 12.4. The highest BCUT2D eigenvalue weighted by molar-refractivity contribution is 5.96. The number of aldehydes is 1. The minimum absolute atomic E-state index is 0.0723. The van der Waals surface area contributed by atoms with Gasteiger partial charge in [0.1, 0.15) is 12.2 Å². The van der Waals surface area contributed by atoms with Gasteiger partial charge in [0.05, 0.1) is 0 Å². The Morgan fingerprint density at radius 3 is 2.81 bits per heavy atom. The molecule has 0 N–H and O–H groups in total. The molecular weight excluding hydrogens is 268 g/mol. The molecular formula is C15H18N4O2. The number of nitrogens with zero attached hydrogens (tertiary/aromatic N) is 4. The molecule has 0 saturated carbocycles. The molecule has 2 aromatic rings. The number of aromatic nitrogens is 2. The van der Waals surface area contributed by atoms with E-state index in [2.05, 4.69) is 16.9 Å². The van der Waals surface area contributed by atoms with Crippen LogP contribution in [0.3, 0.4) is 0 Å². The van der Waals surface area contributed by atoms with Crippen LogP contribution in [0.4, 0.5) is 0 Å². The lowest BCUT2D eigenvalue weighted by Gasteiger charge is -2.32. The average molecular weight is 286 g/mol. The summed E-state index contributed by atoms with van der Waals surface area (Å²) < 4.78 is 1.76. The highest BCUT2D eigenvalue weighted by atomic mass is 16.2. The van der Waals surface area contributed by atoms with Gasteiger partial charge in [0.2, 0.25) is 5.91 Å². The van der Waals surface area contributed by atoms with E-state index in [-0.39, 0.29) is 12.5 Å². The normalized spacial score (nSPS) is 16.3. The summed E-state index contributed by atoms with van der Waals surface area (Å²) in [7, 11) is 2.06. The second-order valence-corrected chi connectivity index (χ2v) is 5.39. The van der Waals surface area contributed by atoms with Crippen molar-refractivity contribution in [3.8, 4) is 0 Å². The van der Waals surface area contributed by atoms with E-state index in [0.29, 0.717) is 11.2 Å². The van der Waals surface area contributed by atoms with Crippen LogP contribution in [0.1, 0.15) is 10.4 Å². The monoisotopic (exact) mass is 286 g/mol. The number of hydrogen-bond acceptors (Lipinski definition) is 4. The Morgan fingerprint density at radius 1 is 1.33 bits per heavy atom. The molecule has 1 saturated heterocycles. The quantitative estimate of drug-likeness (QED) is 0.776. The molecule has 6 heteroatoms. The van der Waals surface area contributed by atoms with Crippen LogP contribution in [0.25, 0.3) is 11.0 Å². The lowest BCUT2D eigenvalue weighted by atomic mass is 10.2. The predicted octanol–water partition coefficient (Wildman–Crippen LogP) is 0.623. The highest BCUT2D eigenvalue weighted by Gasteiger charge is 2.20. The number of carbonyl (C=O) groups is 2. The van der Waals surface area contributed by atoms with Crippen molar-refractivity contribution in [3.05, 3.63) is 30.1 Å². The zero-order valence-corrected chi connectivity index (χ0v) is 12.0. The summed E-state index contributed by atoms with van der Waals surface area (Å²) >= 11 is 0. The van der Waals surface area contributed by atoms with Crippen molar-refractivity contribution in [1.29, 1.82) is 0 Å². The Morgan fingerprint density at radius 2 is 2.10 bits per heavy atom. The number of carbonyl (C=O) groups excluding carboxylic acids is 2. The van der Waals surface area contributed by atoms with Crippen molar-refractivity contribution in [2.75, 3.05) is 33.2 Å². The number of fused-ring (bicyclic) bond motifs is 1. The first-order chi connectivity index (χ1) is 10.2. The number of amides is 1. The van der Waals surface area contributed by atoms with Crippen molar-refractivity contribution in [2.24, 2.45) is 0 Å². The largest absolute Gasteiger partial charge is 0.339 e. The maximum atomic E-state index is 12.4. The molecule has 6 nitrogen and oxygen atoms in total.